The molecule has 0 fully saturated rings. The largest absolute Gasteiger partial charge is 0.496 e. The average molecular weight is 299 g/mol. The first-order valence-electron chi connectivity index (χ1n) is 6.82. The van der Waals surface area contributed by atoms with Crippen molar-refractivity contribution in [2.75, 3.05) is 20.2 Å². The molecule has 0 radical (unpaired) electrons. The van der Waals surface area contributed by atoms with E-state index in [-0.39, 0.29) is 5.91 Å². The van der Waals surface area contributed by atoms with E-state index in [9.17, 15) is 4.79 Å². The van der Waals surface area contributed by atoms with Crippen molar-refractivity contribution in [3.05, 3.63) is 28.8 Å². The van der Waals surface area contributed by atoms with Gasteiger partial charge in [-0.25, -0.2) is 0 Å². The maximum Gasteiger partial charge on any atom is 0.221 e. The van der Waals surface area contributed by atoms with E-state index in [1.54, 1.807) is 13.2 Å². The van der Waals surface area contributed by atoms with Crippen molar-refractivity contribution >= 4 is 17.5 Å². The number of hydrogen-bond acceptors (Lipinski definition) is 3. The first kappa shape index (κ1) is 16.8. The van der Waals surface area contributed by atoms with Gasteiger partial charge in [-0.2, -0.15) is 0 Å². The van der Waals surface area contributed by atoms with Crippen molar-refractivity contribution in [2.24, 2.45) is 5.92 Å². The lowest BCUT2D eigenvalue weighted by atomic mass is 10.2. The second-order valence-corrected chi connectivity index (χ2v) is 5.52. The molecule has 112 valence electrons. The molecule has 1 aromatic rings. The van der Waals surface area contributed by atoms with E-state index in [0.717, 1.165) is 17.9 Å². The molecular weight excluding hydrogens is 276 g/mol. The Hall–Kier alpha value is -1.26. The first-order chi connectivity index (χ1) is 9.52. The van der Waals surface area contributed by atoms with Crippen LogP contribution in [0.2, 0.25) is 5.02 Å². The molecule has 0 aromatic heterocycles. The summed E-state index contributed by atoms with van der Waals surface area (Å²) in [6.45, 7) is 6.12. The van der Waals surface area contributed by atoms with Crippen LogP contribution >= 0.6 is 11.6 Å². The van der Waals surface area contributed by atoms with Gasteiger partial charge in [-0.05, 0) is 24.1 Å². The zero-order valence-electron chi connectivity index (χ0n) is 12.3. The highest BCUT2D eigenvalue weighted by atomic mass is 35.5. The minimum Gasteiger partial charge on any atom is -0.496 e. The lowest BCUT2D eigenvalue weighted by Crippen LogP contribution is -2.30. The van der Waals surface area contributed by atoms with Gasteiger partial charge in [0.25, 0.3) is 0 Å². The summed E-state index contributed by atoms with van der Waals surface area (Å²) in [4.78, 5) is 11.5. The normalized spacial score (nSPS) is 10.7. The summed E-state index contributed by atoms with van der Waals surface area (Å²) in [5, 5.41) is 6.79. The molecule has 2 N–H and O–H groups in total. The van der Waals surface area contributed by atoms with Crippen LogP contribution in [0.15, 0.2) is 18.2 Å². The zero-order chi connectivity index (χ0) is 15.0. The monoisotopic (exact) mass is 298 g/mol. The summed E-state index contributed by atoms with van der Waals surface area (Å²) in [6, 6.07) is 5.50. The van der Waals surface area contributed by atoms with Gasteiger partial charge in [0.15, 0.2) is 0 Å². The third-order valence-electron chi connectivity index (χ3n) is 2.79. The molecule has 0 atom stereocenters. The zero-order valence-corrected chi connectivity index (χ0v) is 13.1. The first-order valence-corrected chi connectivity index (χ1v) is 7.20. The van der Waals surface area contributed by atoms with Gasteiger partial charge in [0.1, 0.15) is 5.75 Å². The van der Waals surface area contributed by atoms with E-state index in [1.807, 2.05) is 12.1 Å². The Morgan fingerprint density at radius 1 is 1.40 bits per heavy atom. The highest BCUT2D eigenvalue weighted by Gasteiger charge is 2.05. The topological polar surface area (TPSA) is 50.4 Å². The van der Waals surface area contributed by atoms with Gasteiger partial charge in [0.05, 0.1) is 7.11 Å². The molecule has 1 aromatic carbocycles. The Kier molecular flexibility index (Phi) is 7.41. The van der Waals surface area contributed by atoms with Crippen molar-refractivity contribution < 1.29 is 9.53 Å². The van der Waals surface area contributed by atoms with E-state index in [4.69, 9.17) is 16.3 Å². The van der Waals surface area contributed by atoms with Gasteiger partial charge in [-0.15, -0.1) is 0 Å². The van der Waals surface area contributed by atoms with Crippen LogP contribution in [0.3, 0.4) is 0 Å². The molecule has 4 nitrogen and oxygen atoms in total. The number of benzene rings is 1. The molecule has 1 rings (SSSR count). The van der Waals surface area contributed by atoms with Crippen molar-refractivity contribution in [1.29, 1.82) is 0 Å². The molecular formula is C15H23ClN2O2. The number of carbonyl (C=O) groups is 1. The van der Waals surface area contributed by atoms with Crippen molar-refractivity contribution in [2.45, 2.75) is 26.8 Å². The van der Waals surface area contributed by atoms with Gasteiger partial charge in [0, 0.05) is 36.6 Å². The van der Waals surface area contributed by atoms with Gasteiger partial charge < -0.3 is 15.4 Å². The summed E-state index contributed by atoms with van der Waals surface area (Å²) in [7, 11) is 1.63. The predicted octanol–water partition coefficient (Wildman–Crippen LogP) is 2.60. The number of hydrogen-bond donors (Lipinski definition) is 2. The Labute approximate surface area is 125 Å². The van der Waals surface area contributed by atoms with Crippen LogP contribution in [0.25, 0.3) is 0 Å². The number of halogens is 1. The SMILES string of the molecule is COc1ccc(Cl)cc1CNCCC(=O)NCC(C)C. The number of nitrogens with one attached hydrogen (secondary N) is 2. The van der Waals surface area contributed by atoms with Gasteiger partial charge in [-0.1, -0.05) is 25.4 Å². The van der Waals surface area contributed by atoms with Crippen molar-refractivity contribution in [3.8, 4) is 5.75 Å². The molecule has 0 saturated carbocycles. The lowest BCUT2D eigenvalue weighted by molar-refractivity contribution is -0.121. The maximum absolute atomic E-state index is 11.5. The number of rotatable bonds is 8. The van der Waals surface area contributed by atoms with Crippen LogP contribution in [0.1, 0.15) is 25.8 Å². The maximum atomic E-state index is 11.5. The molecule has 0 unspecified atom stereocenters. The smallest absolute Gasteiger partial charge is 0.221 e. The summed E-state index contributed by atoms with van der Waals surface area (Å²) in [6.07, 6.45) is 0.468. The molecule has 5 heteroatoms. The molecule has 0 aliphatic carbocycles. The predicted molar refractivity (Wildman–Crippen MR) is 82.2 cm³/mol. The summed E-state index contributed by atoms with van der Waals surface area (Å²) >= 11 is 5.96. The van der Waals surface area contributed by atoms with E-state index in [2.05, 4.69) is 24.5 Å². The van der Waals surface area contributed by atoms with Crippen LogP contribution in [0, 0.1) is 5.92 Å². The molecule has 0 aliphatic heterocycles. The minimum absolute atomic E-state index is 0.0734. The number of ether oxygens (including phenoxy) is 1. The fraction of sp³-hybridized carbons (Fsp3) is 0.533. The Bertz CT molecular complexity index is 436. The molecule has 0 heterocycles. The third kappa shape index (κ3) is 6.26. The van der Waals surface area contributed by atoms with E-state index < -0.39 is 0 Å². The fourth-order valence-electron chi connectivity index (χ4n) is 1.72. The van der Waals surface area contributed by atoms with Crippen molar-refractivity contribution in [1.82, 2.24) is 10.6 Å². The number of methoxy groups -OCH3 is 1. The molecule has 0 saturated heterocycles. The second-order valence-electron chi connectivity index (χ2n) is 5.08. The van der Waals surface area contributed by atoms with Crippen LogP contribution in [-0.2, 0) is 11.3 Å². The standard InChI is InChI=1S/C15H23ClN2O2/c1-11(2)9-18-15(19)6-7-17-10-12-8-13(16)4-5-14(12)20-3/h4-5,8,11,17H,6-7,9-10H2,1-3H3,(H,18,19). The lowest BCUT2D eigenvalue weighted by Gasteiger charge is -2.11. The number of amides is 1. The molecule has 0 bridgehead atoms. The quantitative estimate of drug-likeness (QED) is 0.725. The highest BCUT2D eigenvalue weighted by molar-refractivity contribution is 6.30. The third-order valence-corrected chi connectivity index (χ3v) is 3.03. The Morgan fingerprint density at radius 3 is 2.80 bits per heavy atom. The molecule has 0 spiro atoms. The number of carbonyl (C=O) groups excluding carboxylic acids is 1. The van der Waals surface area contributed by atoms with E-state index in [0.29, 0.717) is 30.5 Å². The van der Waals surface area contributed by atoms with E-state index >= 15 is 0 Å². The Morgan fingerprint density at radius 2 is 2.15 bits per heavy atom. The molecule has 1 amide bonds. The van der Waals surface area contributed by atoms with Gasteiger partial charge in [-0.3, -0.25) is 4.79 Å². The van der Waals surface area contributed by atoms with Gasteiger partial charge in [0.2, 0.25) is 5.91 Å². The van der Waals surface area contributed by atoms with Crippen LogP contribution < -0.4 is 15.4 Å². The minimum atomic E-state index is 0.0734. The summed E-state index contributed by atoms with van der Waals surface area (Å²) < 4.78 is 5.27. The second kappa shape index (κ2) is 8.82. The summed E-state index contributed by atoms with van der Waals surface area (Å²) in [5.41, 5.74) is 0.989. The van der Waals surface area contributed by atoms with Crippen LogP contribution in [0.4, 0.5) is 0 Å². The van der Waals surface area contributed by atoms with Crippen LogP contribution in [0.5, 0.6) is 5.75 Å². The molecule has 20 heavy (non-hydrogen) atoms. The van der Waals surface area contributed by atoms with Gasteiger partial charge >= 0.3 is 0 Å². The fourth-order valence-corrected chi connectivity index (χ4v) is 1.91. The summed E-state index contributed by atoms with van der Waals surface area (Å²) in [5.74, 6) is 1.35. The van der Waals surface area contributed by atoms with E-state index in [1.165, 1.54) is 0 Å². The van der Waals surface area contributed by atoms with Crippen molar-refractivity contribution in [3.63, 3.8) is 0 Å². The highest BCUT2D eigenvalue weighted by Crippen LogP contribution is 2.22. The molecule has 0 aliphatic rings. The average Bonchev–Trinajstić information content (AvgIpc) is 2.41. The van der Waals surface area contributed by atoms with Crippen LogP contribution in [-0.4, -0.2) is 26.1 Å². The Balaban J connectivity index is 2.30.